The van der Waals surface area contributed by atoms with E-state index in [0.29, 0.717) is 24.9 Å². The van der Waals surface area contributed by atoms with Crippen molar-refractivity contribution in [3.05, 3.63) is 65.0 Å². The molecule has 1 heterocycles. The van der Waals surface area contributed by atoms with Crippen LogP contribution in [0.4, 0.5) is 0 Å². The standard InChI is InChI=1S/C18H18BrN3O2/c1-22(11-12-23-16-9-7-15(19)8-10-16)13-17-20-18(21-24-17)14-5-3-2-4-6-14/h2-10H,11-13H2,1H3/p+1. The van der Waals surface area contributed by atoms with Crippen molar-refractivity contribution < 1.29 is 14.2 Å². The molecule has 24 heavy (non-hydrogen) atoms. The minimum absolute atomic E-state index is 0.629. The highest BCUT2D eigenvalue weighted by molar-refractivity contribution is 9.10. The zero-order chi connectivity index (χ0) is 16.8. The van der Waals surface area contributed by atoms with Crippen molar-refractivity contribution >= 4 is 15.9 Å². The number of quaternary nitrogens is 1. The van der Waals surface area contributed by atoms with Crippen molar-refractivity contribution in [3.63, 3.8) is 0 Å². The summed E-state index contributed by atoms with van der Waals surface area (Å²) in [5.74, 6) is 2.13. The summed E-state index contributed by atoms with van der Waals surface area (Å²) in [5, 5.41) is 4.04. The Labute approximate surface area is 149 Å². The lowest BCUT2D eigenvalue weighted by Crippen LogP contribution is -3.08. The van der Waals surface area contributed by atoms with Gasteiger partial charge in [0.25, 0.3) is 5.89 Å². The highest BCUT2D eigenvalue weighted by atomic mass is 79.9. The Bertz CT molecular complexity index is 759. The molecule has 0 amide bonds. The number of ether oxygens (including phenoxy) is 1. The molecule has 0 spiro atoms. The van der Waals surface area contributed by atoms with E-state index in [9.17, 15) is 0 Å². The number of hydrogen-bond acceptors (Lipinski definition) is 4. The maximum absolute atomic E-state index is 5.74. The topological polar surface area (TPSA) is 52.6 Å². The second-order valence-electron chi connectivity index (χ2n) is 5.56. The van der Waals surface area contributed by atoms with E-state index in [-0.39, 0.29) is 0 Å². The van der Waals surface area contributed by atoms with Crippen LogP contribution in [0.3, 0.4) is 0 Å². The molecule has 5 nitrogen and oxygen atoms in total. The maximum atomic E-state index is 5.74. The molecule has 0 aliphatic rings. The monoisotopic (exact) mass is 388 g/mol. The molecule has 3 rings (SSSR count). The second kappa shape index (κ2) is 8.08. The lowest BCUT2D eigenvalue weighted by molar-refractivity contribution is -0.895. The van der Waals surface area contributed by atoms with Gasteiger partial charge in [0.05, 0.1) is 7.05 Å². The fourth-order valence-electron chi connectivity index (χ4n) is 2.25. The van der Waals surface area contributed by atoms with E-state index in [1.807, 2.05) is 54.6 Å². The first-order valence-corrected chi connectivity index (χ1v) is 8.58. The third kappa shape index (κ3) is 4.66. The molecule has 0 aliphatic heterocycles. The smallest absolute Gasteiger partial charge is 0.282 e. The molecular weight excluding hydrogens is 370 g/mol. The van der Waals surface area contributed by atoms with Crippen LogP contribution in [0.1, 0.15) is 5.89 Å². The van der Waals surface area contributed by atoms with Crippen LogP contribution in [0.5, 0.6) is 5.75 Å². The molecule has 124 valence electrons. The Kier molecular flexibility index (Phi) is 5.61. The number of halogens is 1. The van der Waals surface area contributed by atoms with Crippen molar-refractivity contribution in [1.82, 2.24) is 10.1 Å². The molecule has 0 saturated carbocycles. The number of nitrogens with one attached hydrogen (secondary N) is 1. The SMILES string of the molecule is C[NH+](CCOc1ccc(Br)cc1)Cc1nc(-c2ccccc2)no1. The summed E-state index contributed by atoms with van der Waals surface area (Å²) >= 11 is 3.41. The molecule has 0 saturated heterocycles. The minimum Gasteiger partial charge on any atom is -0.488 e. The highest BCUT2D eigenvalue weighted by Crippen LogP contribution is 2.16. The first kappa shape index (κ1) is 16.7. The van der Waals surface area contributed by atoms with E-state index >= 15 is 0 Å². The van der Waals surface area contributed by atoms with Gasteiger partial charge >= 0.3 is 0 Å². The molecule has 0 radical (unpaired) electrons. The average Bonchev–Trinajstić information content (AvgIpc) is 3.06. The molecule has 0 aliphatic carbocycles. The van der Waals surface area contributed by atoms with E-state index in [1.54, 1.807) is 0 Å². The van der Waals surface area contributed by atoms with Crippen LogP contribution >= 0.6 is 15.9 Å². The minimum atomic E-state index is 0.629. The van der Waals surface area contributed by atoms with Gasteiger partial charge in [-0.15, -0.1) is 0 Å². The Balaban J connectivity index is 1.47. The molecule has 1 atom stereocenters. The van der Waals surface area contributed by atoms with Gasteiger partial charge in [0.1, 0.15) is 18.9 Å². The van der Waals surface area contributed by atoms with Gasteiger partial charge in [-0.25, -0.2) is 0 Å². The summed E-state index contributed by atoms with van der Waals surface area (Å²) in [5.41, 5.74) is 0.962. The number of aromatic nitrogens is 2. The van der Waals surface area contributed by atoms with Gasteiger partial charge in [0.2, 0.25) is 5.82 Å². The Morgan fingerprint density at radius 1 is 1.08 bits per heavy atom. The first-order valence-electron chi connectivity index (χ1n) is 7.78. The van der Waals surface area contributed by atoms with Crippen LogP contribution in [-0.2, 0) is 6.54 Å². The normalized spacial score (nSPS) is 12.1. The number of nitrogens with zero attached hydrogens (tertiary/aromatic N) is 2. The lowest BCUT2D eigenvalue weighted by Gasteiger charge is -2.12. The highest BCUT2D eigenvalue weighted by Gasteiger charge is 2.12. The third-order valence-corrected chi connectivity index (χ3v) is 4.09. The summed E-state index contributed by atoms with van der Waals surface area (Å²) in [7, 11) is 2.08. The Morgan fingerprint density at radius 2 is 1.83 bits per heavy atom. The van der Waals surface area contributed by atoms with Gasteiger partial charge < -0.3 is 14.2 Å². The predicted molar refractivity (Wildman–Crippen MR) is 94.8 cm³/mol. The number of likely N-dealkylation sites (N-methyl/N-ethyl adjacent to an activating group) is 1. The van der Waals surface area contributed by atoms with Gasteiger partial charge in [0, 0.05) is 10.0 Å². The zero-order valence-electron chi connectivity index (χ0n) is 13.4. The summed E-state index contributed by atoms with van der Waals surface area (Å²) in [4.78, 5) is 5.70. The van der Waals surface area contributed by atoms with E-state index in [0.717, 1.165) is 22.3 Å². The summed E-state index contributed by atoms with van der Waals surface area (Å²) in [6.45, 7) is 2.15. The van der Waals surface area contributed by atoms with Gasteiger partial charge in [-0.1, -0.05) is 51.4 Å². The Morgan fingerprint density at radius 3 is 2.58 bits per heavy atom. The van der Waals surface area contributed by atoms with E-state index in [2.05, 4.69) is 33.1 Å². The summed E-state index contributed by atoms with van der Waals surface area (Å²) < 4.78 is 12.1. The number of rotatable bonds is 7. The van der Waals surface area contributed by atoms with E-state index in [1.165, 1.54) is 4.90 Å². The van der Waals surface area contributed by atoms with Crippen LogP contribution < -0.4 is 9.64 Å². The van der Waals surface area contributed by atoms with Crippen LogP contribution in [0.2, 0.25) is 0 Å². The second-order valence-corrected chi connectivity index (χ2v) is 6.48. The van der Waals surface area contributed by atoms with Crippen LogP contribution in [-0.4, -0.2) is 30.3 Å². The first-order chi connectivity index (χ1) is 11.7. The molecule has 0 fully saturated rings. The predicted octanol–water partition coefficient (Wildman–Crippen LogP) is 2.59. The van der Waals surface area contributed by atoms with Gasteiger partial charge in [-0.05, 0) is 24.3 Å². The molecule has 6 heteroatoms. The van der Waals surface area contributed by atoms with Crippen molar-refractivity contribution in [3.8, 4) is 17.1 Å². The van der Waals surface area contributed by atoms with Crippen LogP contribution in [0.15, 0.2) is 63.6 Å². The molecule has 2 aromatic carbocycles. The molecule has 0 bridgehead atoms. The van der Waals surface area contributed by atoms with Gasteiger partial charge in [-0.3, -0.25) is 0 Å². The average molecular weight is 389 g/mol. The van der Waals surface area contributed by atoms with Crippen LogP contribution in [0.25, 0.3) is 11.4 Å². The van der Waals surface area contributed by atoms with Crippen LogP contribution in [0, 0.1) is 0 Å². The fraction of sp³-hybridized carbons (Fsp3) is 0.222. The number of benzene rings is 2. The third-order valence-electron chi connectivity index (χ3n) is 3.56. The number of hydrogen-bond donors (Lipinski definition) is 1. The maximum Gasteiger partial charge on any atom is 0.282 e. The summed E-state index contributed by atoms with van der Waals surface area (Å²) in [6, 6.07) is 17.7. The largest absolute Gasteiger partial charge is 0.488 e. The quantitative estimate of drug-likeness (QED) is 0.675. The fourth-order valence-corrected chi connectivity index (χ4v) is 2.52. The van der Waals surface area contributed by atoms with Crippen molar-refractivity contribution in [2.24, 2.45) is 0 Å². The summed E-state index contributed by atoms with van der Waals surface area (Å²) in [6.07, 6.45) is 0. The molecule has 1 N–H and O–H groups in total. The van der Waals surface area contributed by atoms with E-state index < -0.39 is 0 Å². The molecule has 1 unspecified atom stereocenters. The van der Waals surface area contributed by atoms with Crippen molar-refractivity contribution in [2.45, 2.75) is 6.54 Å². The van der Waals surface area contributed by atoms with Gasteiger partial charge in [0.15, 0.2) is 6.54 Å². The molecular formula is C18H19BrN3O2+. The lowest BCUT2D eigenvalue weighted by atomic mass is 10.2. The van der Waals surface area contributed by atoms with Crippen molar-refractivity contribution in [2.75, 3.05) is 20.2 Å². The van der Waals surface area contributed by atoms with Gasteiger partial charge in [-0.2, -0.15) is 4.98 Å². The molecule has 3 aromatic rings. The van der Waals surface area contributed by atoms with E-state index in [4.69, 9.17) is 9.26 Å². The Hall–Kier alpha value is -2.18. The zero-order valence-corrected chi connectivity index (χ0v) is 15.0. The van der Waals surface area contributed by atoms with Crippen molar-refractivity contribution in [1.29, 1.82) is 0 Å². The molecule has 1 aromatic heterocycles.